The fourth-order valence-corrected chi connectivity index (χ4v) is 1.44. The number of hydrogen-bond donors (Lipinski definition) is 3. The van der Waals surface area contributed by atoms with Crippen molar-refractivity contribution in [2.24, 2.45) is 5.92 Å². The Labute approximate surface area is 112 Å². The quantitative estimate of drug-likeness (QED) is 0.686. The highest BCUT2D eigenvalue weighted by Crippen LogP contribution is 1.99. The molecule has 1 unspecified atom stereocenters. The summed E-state index contributed by atoms with van der Waals surface area (Å²) in [6.45, 7) is 2.46. The molecule has 0 radical (unpaired) electrons. The van der Waals surface area contributed by atoms with E-state index in [1.165, 1.54) is 0 Å². The van der Waals surface area contributed by atoms with Gasteiger partial charge in [-0.3, -0.25) is 9.78 Å². The lowest BCUT2D eigenvalue weighted by atomic mass is 10.1. The van der Waals surface area contributed by atoms with Crippen molar-refractivity contribution >= 4 is 12.0 Å². The number of rotatable bonds is 7. The van der Waals surface area contributed by atoms with Gasteiger partial charge in [-0.15, -0.1) is 0 Å². The van der Waals surface area contributed by atoms with Crippen molar-refractivity contribution < 1.29 is 14.7 Å². The third-order valence-electron chi connectivity index (χ3n) is 2.68. The first-order valence-electron chi connectivity index (χ1n) is 6.24. The molecule has 0 saturated heterocycles. The van der Waals surface area contributed by atoms with E-state index in [1.807, 2.05) is 18.2 Å². The second-order valence-electron chi connectivity index (χ2n) is 4.28. The van der Waals surface area contributed by atoms with Crippen molar-refractivity contribution in [3.8, 4) is 0 Å². The molecule has 1 aromatic rings. The number of carbonyl (C=O) groups excluding carboxylic acids is 1. The maximum Gasteiger partial charge on any atom is 0.314 e. The van der Waals surface area contributed by atoms with Crippen LogP contribution in [0.4, 0.5) is 4.79 Å². The van der Waals surface area contributed by atoms with Crippen molar-refractivity contribution in [3.63, 3.8) is 0 Å². The van der Waals surface area contributed by atoms with Crippen LogP contribution in [0.2, 0.25) is 0 Å². The zero-order valence-corrected chi connectivity index (χ0v) is 10.9. The van der Waals surface area contributed by atoms with Gasteiger partial charge in [0, 0.05) is 31.4 Å². The van der Waals surface area contributed by atoms with Gasteiger partial charge in [0.25, 0.3) is 0 Å². The van der Waals surface area contributed by atoms with Crippen LogP contribution in [0.1, 0.15) is 19.0 Å². The Morgan fingerprint density at radius 2 is 2.05 bits per heavy atom. The molecule has 2 amide bonds. The second-order valence-corrected chi connectivity index (χ2v) is 4.28. The van der Waals surface area contributed by atoms with Gasteiger partial charge in [-0.25, -0.2) is 4.79 Å². The molecule has 0 bridgehead atoms. The largest absolute Gasteiger partial charge is 0.481 e. The van der Waals surface area contributed by atoms with E-state index in [9.17, 15) is 9.59 Å². The molecule has 0 aromatic carbocycles. The maximum atomic E-state index is 11.4. The van der Waals surface area contributed by atoms with Crippen LogP contribution in [0.3, 0.4) is 0 Å². The highest BCUT2D eigenvalue weighted by molar-refractivity contribution is 5.74. The van der Waals surface area contributed by atoms with Gasteiger partial charge in [0.2, 0.25) is 0 Å². The molecule has 0 aliphatic carbocycles. The summed E-state index contributed by atoms with van der Waals surface area (Å²) in [6, 6.07) is 5.35. The first kappa shape index (κ1) is 14.9. The Bertz CT molecular complexity index is 409. The molecule has 1 atom stereocenters. The van der Waals surface area contributed by atoms with Crippen molar-refractivity contribution in [1.29, 1.82) is 0 Å². The normalized spacial score (nSPS) is 11.6. The molecule has 6 nitrogen and oxygen atoms in total. The predicted molar refractivity (Wildman–Crippen MR) is 70.8 cm³/mol. The van der Waals surface area contributed by atoms with Gasteiger partial charge in [-0.2, -0.15) is 0 Å². The summed E-state index contributed by atoms with van der Waals surface area (Å²) in [6.07, 6.45) is 2.80. The minimum absolute atomic E-state index is 0.284. The number of carboxylic acid groups (broad SMARTS) is 1. The van der Waals surface area contributed by atoms with E-state index in [2.05, 4.69) is 15.6 Å². The molecule has 1 rings (SSSR count). The molecule has 19 heavy (non-hydrogen) atoms. The first-order valence-corrected chi connectivity index (χ1v) is 6.24. The topological polar surface area (TPSA) is 91.3 Å². The average Bonchev–Trinajstić information content (AvgIpc) is 2.39. The first-order chi connectivity index (χ1) is 9.09. The molecule has 0 spiro atoms. The van der Waals surface area contributed by atoms with E-state index in [4.69, 9.17) is 5.11 Å². The molecule has 0 fully saturated rings. The Balaban J connectivity index is 2.10. The Morgan fingerprint density at radius 3 is 2.68 bits per heavy atom. The lowest BCUT2D eigenvalue weighted by Gasteiger charge is -2.09. The highest BCUT2D eigenvalue weighted by Gasteiger charge is 2.10. The third-order valence-corrected chi connectivity index (χ3v) is 2.68. The number of hydrogen-bond acceptors (Lipinski definition) is 3. The highest BCUT2D eigenvalue weighted by atomic mass is 16.4. The molecule has 6 heteroatoms. The van der Waals surface area contributed by atoms with Crippen LogP contribution < -0.4 is 10.6 Å². The van der Waals surface area contributed by atoms with Crippen LogP contribution in [0, 0.1) is 5.92 Å². The summed E-state index contributed by atoms with van der Waals surface area (Å²) >= 11 is 0. The third kappa shape index (κ3) is 6.40. The van der Waals surface area contributed by atoms with E-state index in [-0.39, 0.29) is 6.03 Å². The van der Waals surface area contributed by atoms with Crippen LogP contribution in [0.15, 0.2) is 24.4 Å². The monoisotopic (exact) mass is 265 g/mol. The zero-order valence-electron chi connectivity index (χ0n) is 10.9. The average molecular weight is 265 g/mol. The number of aromatic nitrogens is 1. The predicted octanol–water partition coefficient (Wildman–Crippen LogP) is 1.03. The summed E-state index contributed by atoms with van der Waals surface area (Å²) in [4.78, 5) is 26.1. The van der Waals surface area contributed by atoms with Gasteiger partial charge in [0.05, 0.1) is 5.92 Å². The number of nitrogens with zero attached hydrogens (tertiary/aromatic N) is 1. The zero-order chi connectivity index (χ0) is 14.1. The summed E-state index contributed by atoms with van der Waals surface area (Å²) in [7, 11) is 0. The fraction of sp³-hybridized carbons (Fsp3) is 0.462. The number of nitrogens with one attached hydrogen (secondary N) is 2. The van der Waals surface area contributed by atoms with Crippen molar-refractivity contribution in [3.05, 3.63) is 30.1 Å². The van der Waals surface area contributed by atoms with Gasteiger partial charge in [-0.05, 0) is 18.6 Å². The number of carbonyl (C=O) groups is 2. The SMILES string of the molecule is CC(CCNC(=O)NCCc1ccccn1)C(=O)O. The minimum atomic E-state index is -0.850. The number of amides is 2. The van der Waals surface area contributed by atoms with Crippen LogP contribution in [0.5, 0.6) is 0 Å². The van der Waals surface area contributed by atoms with Gasteiger partial charge in [0.1, 0.15) is 0 Å². The number of pyridine rings is 1. The Hall–Kier alpha value is -2.11. The number of urea groups is 1. The standard InChI is InChI=1S/C13H19N3O3/c1-10(12(17)18)5-8-15-13(19)16-9-6-11-4-2-3-7-14-11/h2-4,7,10H,5-6,8-9H2,1H3,(H,17,18)(H2,15,16,19). The van der Waals surface area contributed by atoms with Crippen LogP contribution in [-0.2, 0) is 11.2 Å². The number of carboxylic acids is 1. The van der Waals surface area contributed by atoms with Crippen molar-refractivity contribution in [1.82, 2.24) is 15.6 Å². The summed E-state index contributed by atoms with van der Waals surface area (Å²) in [5.41, 5.74) is 0.919. The Morgan fingerprint density at radius 1 is 1.32 bits per heavy atom. The number of aliphatic carboxylic acids is 1. The molecule has 0 saturated carbocycles. The summed E-state index contributed by atoms with van der Waals surface area (Å²) in [5.74, 6) is -1.30. The van der Waals surface area contributed by atoms with Gasteiger partial charge in [0.15, 0.2) is 0 Å². The maximum absolute atomic E-state index is 11.4. The summed E-state index contributed by atoms with van der Waals surface area (Å²) in [5, 5.41) is 14.0. The van der Waals surface area contributed by atoms with E-state index < -0.39 is 11.9 Å². The smallest absolute Gasteiger partial charge is 0.314 e. The fourth-order valence-electron chi connectivity index (χ4n) is 1.44. The lowest BCUT2D eigenvalue weighted by Crippen LogP contribution is -2.37. The van der Waals surface area contributed by atoms with Gasteiger partial charge >= 0.3 is 12.0 Å². The summed E-state index contributed by atoms with van der Waals surface area (Å²) < 4.78 is 0. The van der Waals surface area contributed by atoms with E-state index in [0.29, 0.717) is 25.9 Å². The van der Waals surface area contributed by atoms with Crippen LogP contribution >= 0.6 is 0 Å². The molecule has 0 aliphatic rings. The Kier molecular flexibility index (Phi) is 6.35. The van der Waals surface area contributed by atoms with E-state index >= 15 is 0 Å². The van der Waals surface area contributed by atoms with Crippen LogP contribution in [-0.4, -0.2) is 35.2 Å². The van der Waals surface area contributed by atoms with Crippen LogP contribution in [0.25, 0.3) is 0 Å². The van der Waals surface area contributed by atoms with Crippen molar-refractivity contribution in [2.45, 2.75) is 19.8 Å². The molecular formula is C13H19N3O3. The minimum Gasteiger partial charge on any atom is -0.481 e. The van der Waals surface area contributed by atoms with E-state index in [1.54, 1.807) is 13.1 Å². The van der Waals surface area contributed by atoms with Gasteiger partial charge in [-0.1, -0.05) is 13.0 Å². The molecule has 1 heterocycles. The molecule has 0 aliphatic heterocycles. The molecule has 1 aromatic heterocycles. The second kappa shape index (κ2) is 8.07. The van der Waals surface area contributed by atoms with E-state index in [0.717, 1.165) is 5.69 Å². The molecule has 3 N–H and O–H groups in total. The van der Waals surface area contributed by atoms with Gasteiger partial charge < -0.3 is 15.7 Å². The molecular weight excluding hydrogens is 246 g/mol. The molecule has 104 valence electrons. The van der Waals surface area contributed by atoms with Crippen molar-refractivity contribution in [2.75, 3.05) is 13.1 Å². The lowest BCUT2D eigenvalue weighted by molar-refractivity contribution is -0.141.